The maximum absolute atomic E-state index is 6.00. The van der Waals surface area contributed by atoms with Gasteiger partial charge in [-0.3, -0.25) is 0 Å². The Kier molecular flexibility index (Phi) is 1.39. The van der Waals surface area contributed by atoms with Crippen LogP contribution in [0.25, 0.3) is 0 Å². The van der Waals surface area contributed by atoms with Crippen molar-refractivity contribution < 1.29 is 0 Å². The zero-order valence-electron chi connectivity index (χ0n) is 7.76. The maximum Gasteiger partial charge on any atom is -0.00151 e. The van der Waals surface area contributed by atoms with E-state index in [1.165, 1.54) is 38.5 Å². The first-order valence-corrected chi connectivity index (χ1v) is 5.57. The van der Waals surface area contributed by atoms with E-state index in [1.54, 1.807) is 0 Å². The maximum atomic E-state index is 6.00. The zero-order chi connectivity index (χ0) is 8.18. The smallest absolute Gasteiger partial charge is 0.00151 e. The number of hydrogen-bond donors (Lipinski definition) is 1. The monoisotopic (exact) mass is 165 g/mol. The lowest BCUT2D eigenvalue weighted by Gasteiger charge is -2.38. The second-order valence-corrected chi connectivity index (χ2v) is 5.21. The lowest BCUT2D eigenvalue weighted by atomic mass is 9.68. The van der Waals surface area contributed by atoms with Crippen LogP contribution in [0.4, 0.5) is 0 Å². The highest BCUT2D eigenvalue weighted by atomic mass is 14.7. The SMILES string of the molecule is NC[C@]12CCCC1C1CCC2C1. The minimum atomic E-state index is 0.642. The van der Waals surface area contributed by atoms with Gasteiger partial charge in [-0.15, -0.1) is 0 Å². The van der Waals surface area contributed by atoms with Gasteiger partial charge in [-0.2, -0.15) is 0 Å². The molecule has 68 valence electrons. The van der Waals surface area contributed by atoms with Gasteiger partial charge in [0.25, 0.3) is 0 Å². The Labute approximate surface area is 74.7 Å². The van der Waals surface area contributed by atoms with E-state index in [-0.39, 0.29) is 0 Å². The van der Waals surface area contributed by atoms with Crippen molar-refractivity contribution in [2.45, 2.75) is 38.5 Å². The van der Waals surface area contributed by atoms with Crippen molar-refractivity contribution in [3.8, 4) is 0 Å². The normalized spacial score (nSPS) is 56.2. The summed E-state index contributed by atoms with van der Waals surface area (Å²) in [4.78, 5) is 0. The van der Waals surface area contributed by atoms with Crippen molar-refractivity contribution in [1.29, 1.82) is 0 Å². The molecule has 3 rings (SSSR count). The fraction of sp³-hybridized carbons (Fsp3) is 1.00. The van der Waals surface area contributed by atoms with E-state index >= 15 is 0 Å². The molecule has 3 unspecified atom stereocenters. The standard InChI is InChI=1S/C11H19N/c12-7-11-5-1-2-10(11)8-3-4-9(11)6-8/h8-10H,1-7,12H2/t8?,9?,10?,11-/m0/s1. The van der Waals surface area contributed by atoms with E-state index in [9.17, 15) is 0 Å². The number of fused-ring (bicyclic) bond motifs is 5. The first-order chi connectivity index (χ1) is 5.87. The highest BCUT2D eigenvalue weighted by Gasteiger charge is 2.58. The van der Waals surface area contributed by atoms with Crippen molar-refractivity contribution in [2.75, 3.05) is 6.54 Å². The highest BCUT2D eigenvalue weighted by Crippen LogP contribution is 2.65. The summed E-state index contributed by atoms with van der Waals surface area (Å²) in [6.45, 7) is 0.985. The van der Waals surface area contributed by atoms with Gasteiger partial charge in [-0.05, 0) is 61.8 Å². The Balaban J connectivity index is 1.98. The molecule has 4 atom stereocenters. The van der Waals surface area contributed by atoms with Crippen molar-refractivity contribution >= 4 is 0 Å². The summed E-state index contributed by atoms with van der Waals surface area (Å²) in [5.41, 5.74) is 6.64. The molecule has 1 nitrogen and oxygen atoms in total. The van der Waals surface area contributed by atoms with Gasteiger partial charge < -0.3 is 5.73 Å². The van der Waals surface area contributed by atoms with Crippen LogP contribution >= 0.6 is 0 Å². The Bertz CT molecular complexity index is 201. The average molecular weight is 165 g/mol. The fourth-order valence-electron chi connectivity index (χ4n) is 4.66. The van der Waals surface area contributed by atoms with Crippen molar-refractivity contribution in [2.24, 2.45) is 28.9 Å². The van der Waals surface area contributed by atoms with E-state index < -0.39 is 0 Å². The molecule has 12 heavy (non-hydrogen) atoms. The predicted octanol–water partition coefficient (Wildman–Crippen LogP) is 2.16. The van der Waals surface area contributed by atoms with Gasteiger partial charge in [0.05, 0.1) is 0 Å². The summed E-state index contributed by atoms with van der Waals surface area (Å²) in [5, 5.41) is 0. The van der Waals surface area contributed by atoms with Gasteiger partial charge in [0.1, 0.15) is 0 Å². The van der Waals surface area contributed by atoms with Crippen LogP contribution < -0.4 is 5.73 Å². The van der Waals surface area contributed by atoms with Gasteiger partial charge in [0.2, 0.25) is 0 Å². The van der Waals surface area contributed by atoms with E-state index in [0.29, 0.717) is 5.41 Å². The number of rotatable bonds is 1. The Morgan fingerprint density at radius 1 is 1.25 bits per heavy atom. The van der Waals surface area contributed by atoms with Crippen molar-refractivity contribution in [1.82, 2.24) is 0 Å². The molecular weight excluding hydrogens is 146 g/mol. The van der Waals surface area contributed by atoms with E-state index in [2.05, 4.69) is 0 Å². The Morgan fingerprint density at radius 3 is 2.92 bits per heavy atom. The molecule has 0 aromatic rings. The van der Waals surface area contributed by atoms with Crippen LogP contribution in [0.5, 0.6) is 0 Å². The van der Waals surface area contributed by atoms with Gasteiger partial charge in [0.15, 0.2) is 0 Å². The molecular formula is C11H19N. The van der Waals surface area contributed by atoms with Crippen LogP contribution in [0.1, 0.15) is 38.5 Å². The molecule has 0 spiro atoms. The lowest BCUT2D eigenvalue weighted by Crippen LogP contribution is -2.39. The molecule has 1 heteroatoms. The molecule has 0 saturated heterocycles. The zero-order valence-corrected chi connectivity index (χ0v) is 7.76. The van der Waals surface area contributed by atoms with Crippen LogP contribution in [0.3, 0.4) is 0 Å². The van der Waals surface area contributed by atoms with Crippen LogP contribution in [0.15, 0.2) is 0 Å². The van der Waals surface area contributed by atoms with Gasteiger partial charge in [-0.25, -0.2) is 0 Å². The van der Waals surface area contributed by atoms with E-state index in [1.807, 2.05) is 0 Å². The molecule has 0 aliphatic heterocycles. The summed E-state index contributed by atoms with van der Waals surface area (Å²) in [7, 11) is 0. The highest BCUT2D eigenvalue weighted by molar-refractivity contribution is 5.09. The van der Waals surface area contributed by atoms with Gasteiger partial charge >= 0.3 is 0 Å². The Hall–Kier alpha value is -0.0400. The van der Waals surface area contributed by atoms with Crippen LogP contribution in [-0.2, 0) is 0 Å². The van der Waals surface area contributed by atoms with E-state index in [0.717, 1.165) is 24.3 Å². The number of nitrogens with two attached hydrogens (primary N) is 1. The van der Waals surface area contributed by atoms with Gasteiger partial charge in [0, 0.05) is 0 Å². The molecule has 2 N–H and O–H groups in total. The minimum absolute atomic E-state index is 0.642. The third kappa shape index (κ3) is 0.654. The summed E-state index contributed by atoms with van der Waals surface area (Å²) in [6, 6.07) is 0. The largest absolute Gasteiger partial charge is 0.330 e. The molecule has 0 radical (unpaired) electrons. The molecule has 2 bridgehead atoms. The van der Waals surface area contributed by atoms with Gasteiger partial charge in [-0.1, -0.05) is 6.42 Å². The van der Waals surface area contributed by atoms with Crippen molar-refractivity contribution in [3.05, 3.63) is 0 Å². The summed E-state index contributed by atoms with van der Waals surface area (Å²) in [6.07, 6.45) is 8.97. The molecule has 3 fully saturated rings. The van der Waals surface area contributed by atoms with Crippen molar-refractivity contribution in [3.63, 3.8) is 0 Å². The van der Waals surface area contributed by atoms with E-state index in [4.69, 9.17) is 5.73 Å². The summed E-state index contributed by atoms with van der Waals surface area (Å²) >= 11 is 0. The van der Waals surface area contributed by atoms with Crippen LogP contribution in [0.2, 0.25) is 0 Å². The first kappa shape index (κ1) is 7.37. The quantitative estimate of drug-likeness (QED) is 0.633. The fourth-order valence-corrected chi connectivity index (χ4v) is 4.66. The Morgan fingerprint density at radius 2 is 2.17 bits per heavy atom. The van der Waals surface area contributed by atoms with Crippen LogP contribution in [0, 0.1) is 23.2 Å². The third-order valence-corrected chi connectivity index (χ3v) is 5.13. The molecule has 0 heterocycles. The second-order valence-electron chi connectivity index (χ2n) is 5.21. The predicted molar refractivity (Wildman–Crippen MR) is 49.7 cm³/mol. The lowest BCUT2D eigenvalue weighted by molar-refractivity contribution is 0.121. The molecule has 0 aromatic heterocycles. The number of hydrogen-bond acceptors (Lipinski definition) is 1. The second kappa shape index (κ2) is 2.25. The van der Waals surface area contributed by atoms with Crippen LogP contribution in [-0.4, -0.2) is 6.54 Å². The molecule has 3 aliphatic carbocycles. The molecule has 0 aromatic carbocycles. The molecule has 3 aliphatic rings. The summed E-state index contributed by atoms with van der Waals surface area (Å²) < 4.78 is 0. The topological polar surface area (TPSA) is 26.0 Å². The average Bonchev–Trinajstić information content (AvgIpc) is 2.76. The minimum Gasteiger partial charge on any atom is -0.330 e. The molecule has 3 saturated carbocycles. The first-order valence-electron chi connectivity index (χ1n) is 5.57. The third-order valence-electron chi connectivity index (χ3n) is 5.13. The summed E-state index contributed by atoms with van der Waals surface area (Å²) in [5.74, 6) is 3.15. The molecule has 0 amide bonds.